The lowest BCUT2D eigenvalue weighted by molar-refractivity contribution is -0.192. The number of carboxylic acid groups (broad SMARTS) is 1. The smallest absolute Gasteiger partial charge is 0.475 e. The molecule has 308 valence electrons. The van der Waals surface area contributed by atoms with E-state index < -0.39 is 46.1 Å². The van der Waals surface area contributed by atoms with E-state index in [2.05, 4.69) is 26.6 Å². The number of anilines is 1. The number of hydrogen-bond acceptors (Lipinski definition) is 8. The third kappa shape index (κ3) is 16.7. The zero-order valence-corrected chi connectivity index (χ0v) is 33.4. The number of nitrogens with zero attached hydrogens (tertiary/aromatic N) is 1. The Morgan fingerprint density at radius 2 is 1.40 bits per heavy atom. The summed E-state index contributed by atoms with van der Waals surface area (Å²) in [7, 11) is -2.34. The van der Waals surface area contributed by atoms with Gasteiger partial charge in [-0.3, -0.25) is 23.5 Å². The van der Waals surface area contributed by atoms with E-state index in [4.69, 9.17) is 9.90 Å². The zero-order chi connectivity index (χ0) is 42.1. The molecular weight excluding hydrogens is 746 g/mol. The summed E-state index contributed by atoms with van der Waals surface area (Å²) in [6.45, 7) is 12.0. The van der Waals surface area contributed by atoms with Gasteiger partial charge in [-0.25, -0.2) is 13.2 Å². The lowest BCUT2D eigenvalue weighted by Crippen LogP contribution is -2.56. The van der Waals surface area contributed by atoms with Crippen LogP contribution in [0.2, 0.25) is 0 Å². The number of carbonyl (C=O) groups excluding carboxylic acids is 4. The van der Waals surface area contributed by atoms with E-state index >= 15 is 0 Å². The second-order valence-electron chi connectivity index (χ2n) is 13.2. The maximum Gasteiger partial charge on any atom is 0.490 e. The molecule has 0 heterocycles. The average molecular weight is 801 g/mol. The molecule has 2 aromatic carbocycles. The summed E-state index contributed by atoms with van der Waals surface area (Å²) in [5.74, 6) is -4.36. The number of amides is 4. The van der Waals surface area contributed by atoms with Gasteiger partial charge in [0.15, 0.2) is 0 Å². The summed E-state index contributed by atoms with van der Waals surface area (Å²) < 4.78 is 57.6. The first-order chi connectivity index (χ1) is 25.6. The number of benzene rings is 2. The van der Waals surface area contributed by atoms with E-state index in [9.17, 15) is 40.8 Å². The van der Waals surface area contributed by atoms with Gasteiger partial charge in [0.2, 0.25) is 21.8 Å². The largest absolute Gasteiger partial charge is 0.490 e. The number of aliphatic carboxylic acids is 1. The van der Waals surface area contributed by atoms with E-state index in [0.717, 1.165) is 29.0 Å². The highest BCUT2D eigenvalue weighted by molar-refractivity contribution is 7.92. The standard InChI is InChI=1S/C35H54N6O6S.C2HF3O2/c1-9-12-18-28(22-37-30(10-2)34(44)40-31(23(4)5)35(45)36-11-3)39-33(43)27-19-26(20-29(21-27)41(7)48(8,46)47)32(42)38-24(6)25-16-14-13-15-17-25;3-2(4,5)1(6)7/h13-17,19-21,23-24,28,30-31,37H,9-12,18,22H2,1-8H3,(H,36,45)(H,38,42)(H,39,43)(H,40,44);(H,6,7)/t24-,28+,30+,31+;/m1./s1. The summed E-state index contributed by atoms with van der Waals surface area (Å²) in [6.07, 6.45) is -1.27. The molecule has 4 amide bonds. The molecule has 0 aromatic heterocycles. The molecule has 2 aromatic rings. The maximum atomic E-state index is 13.7. The van der Waals surface area contributed by atoms with Crippen molar-refractivity contribution < 1.29 is 50.7 Å². The lowest BCUT2D eigenvalue weighted by Gasteiger charge is -2.26. The molecule has 55 heavy (non-hydrogen) atoms. The second-order valence-corrected chi connectivity index (χ2v) is 15.2. The quantitative estimate of drug-likeness (QED) is 0.121. The minimum absolute atomic E-state index is 0.111. The number of carbonyl (C=O) groups is 5. The van der Waals surface area contributed by atoms with Crippen molar-refractivity contribution in [3.63, 3.8) is 0 Å². The van der Waals surface area contributed by atoms with Crippen LogP contribution in [0.1, 0.15) is 99.5 Å². The predicted octanol–water partition coefficient (Wildman–Crippen LogP) is 4.14. The van der Waals surface area contributed by atoms with Gasteiger partial charge in [0.05, 0.1) is 24.0 Å². The van der Waals surface area contributed by atoms with Crippen molar-refractivity contribution in [2.75, 3.05) is 30.7 Å². The van der Waals surface area contributed by atoms with Crippen LogP contribution in [0.15, 0.2) is 48.5 Å². The minimum Gasteiger partial charge on any atom is -0.475 e. The van der Waals surface area contributed by atoms with Crippen molar-refractivity contribution >= 4 is 45.3 Å². The highest BCUT2D eigenvalue weighted by Gasteiger charge is 2.38. The van der Waals surface area contributed by atoms with Gasteiger partial charge in [-0.2, -0.15) is 13.2 Å². The molecule has 0 unspecified atom stereocenters. The molecule has 0 fully saturated rings. The van der Waals surface area contributed by atoms with Gasteiger partial charge >= 0.3 is 12.1 Å². The van der Waals surface area contributed by atoms with Crippen LogP contribution in [-0.4, -0.2) is 93.8 Å². The van der Waals surface area contributed by atoms with E-state index in [-0.39, 0.29) is 53.2 Å². The molecule has 18 heteroatoms. The number of alkyl halides is 3. The van der Waals surface area contributed by atoms with E-state index in [0.29, 0.717) is 19.4 Å². The van der Waals surface area contributed by atoms with Crippen LogP contribution in [0.25, 0.3) is 0 Å². The summed E-state index contributed by atoms with van der Waals surface area (Å²) in [4.78, 5) is 61.7. The number of halogens is 3. The Balaban J connectivity index is 0.00000196. The van der Waals surface area contributed by atoms with Crippen molar-refractivity contribution in [3.8, 4) is 0 Å². The SMILES string of the molecule is CCCC[C@@H](CN[C@@H](CC)C(=O)N[C@H](C(=O)NCC)C(C)C)NC(=O)c1cc(C(=O)N[C@H](C)c2ccccc2)cc(N(C)S(C)(=O)=O)c1.O=C(O)C(F)(F)F. The van der Waals surface area contributed by atoms with Crippen LogP contribution in [0.4, 0.5) is 18.9 Å². The number of nitrogens with one attached hydrogen (secondary N) is 5. The molecule has 14 nitrogen and oxygen atoms in total. The summed E-state index contributed by atoms with van der Waals surface area (Å²) in [5, 5.41) is 22.0. The van der Waals surface area contributed by atoms with Crippen molar-refractivity contribution in [2.24, 2.45) is 5.92 Å². The number of sulfonamides is 1. The normalized spacial score (nSPS) is 13.6. The lowest BCUT2D eigenvalue weighted by atomic mass is 10.0. The van der Waals surface area contributed by atoms with Gasteiger partial charge < -0.3 is 31.7 Å². The summed E-state index contributed by atoms with van der Waals surface area (Å²) >= 11 is 0. The molecule has 0 aliphatic carbocycles. The highest BCUT2D eigenvalue weighted by atomic mass is 32.2. The molecular formula is C37H55F3N6O8S. The van der Waals surface area contributed by atoms with Crippen molar-refractivity contribution in [1.82, 2.24) is 26.6 Å². The maximum absolute atomic E-state index is 13.7. The highest BCUT2D eigenvalue weighted by Crippen LogP contribution is 2.22. The molecule has 2 rings (SSSR count). The van der Waals surface area contributed by atoms with Gasteiger partial charge in [0.25, 0.3) is 11.8 Å². The first-order valence-electron chi connectivity index (χ1n) is 17.9. The number of hydrogen-bond donors (Lipinski definition) is 6. The van der Waals surface area contributed by atoms with E-state index in [1.165, 1.54) is 25.2 Å². The molecule has 0 radical (unpaired) electrons. The molecule has 0 aliphatic heterocycles. The van der Waals surface area contributed by atoms with Crippen LogP contribution >= 0.6 is 0 Å². The number of unbranched alkanes of at least 4 members (excludes halogenated alkanes) is 1. The minimum atomic E-state index is -5.08. The Morgan fingerprint density at radius 3 is 1.85 bits per heavy atom. The Labute approximate surface area is 321 Å². The Morgan fingerprint density at radius 1 is 0.855 bits per heavy atom. The van der Waals surface area contributed by atoms with Crippen molar-refractivity contribution in [2.45, 2.75) is 97.6 Å². The fourth-order valence-electron chi connectivity index (χ4n) is 5.08. The molecule has 0 spiro atoms. The molecule has 0 aliphatic rings. The van der Waals surface area contributed by atoms with Gasteiger partial charge in [-0.1, -0.05) is 70.9 Å². The van der Waals surface area contributed by atoms with Crippen molar-refractivity contribution in [1.29, 1.82) is 0 Å². The Kier molecular flexibility index (Phi) is 19.9. The van der Waals surface area contributed by atoms with Gasteiger partial charge in [0, 0.05) is 37.3 Å². The van der Waals surface area contributed by atoms with E-state index in [1.54, 1.807) is 0 Å². The van der Waals surface area contributed by atoms with Crippen LogP contribution in [0.5, 0.6) is 0 Å². The molecule has 6 N–H and O–H groups in total. The van der Waals surface area contributed by atoms with Crippen LogP contribution in [0, 0.1) is 5.92 Å². The van der Waals surface area contributed by atoms with Gasteiger partial charge in [0.1, 0.15) is 6.04 Å². The Hall–Kier alpha value is -4.71. The second kappa shape index (κ2) is 22.6. The first-order valence-corrected chi connectivity index (χ1v) is 19.8. The Bertz CT molecular complexity index is 1690. The number of rotatable bonds is 19. The monoisotopic (exact) mass is 800 g/mol. The first kappa shape index (κ1) is 48.3. The zero-order valence-electron chi connectivity index (χ0n) is 32.5. The topological polar surface area (TPSA) is 203 Å². The van der Waals surface area contributed by atoms with Crippen LogP contribution < -0.4 is 30.9 Å². The van der Waals surface area contributed by atoms with Crippen LogP contribution in [-0.2, 0) is 24.4 Å². The third-order valence-electron chi connectivity index (χ3n) is 8.37. The summed E-state index contributed by atoms with van der Waals surface area (Å²) in [6, 6.07) is 11.7. The summed E-state index contributed by atoms with van der Waals surface area (Å²) in [5.41, 5.74) is 1.31. The van der Waals surface area contributed by atoms with Gasteiger partial charge in [-0.05, 0) is 56.4 Å². The number of carboxylic acids is 1. The molecule has 0 saturated carbocycles. The predicted molar refractivity (Wildman–Crippen MR) is 204 cm³/mol. The van der Waals surface area contributed by atoms with Crippen LogP contribution in [0.3, 0.4) is 0 Å². The fourth-order valence-corrected chi connectivity index (χ4v) is 5.56. The fraction of sp³-hybridized carbons (Fsp3) is 0.541. The molecule has 4 atom stereocenters. The molecule has 0 bridgehead atoms. The molecule has 0 saturated heterocycles. The van der Waals surface area contributed by atoms with E-state index in [1.807, 2.05) is 71.9 Å². The number of likely N-dealkylation sites (N-methyl/N-ethyl adjacent to an activating group) is 1. The average Bonchev–Trinajstić information content (AvgIpc) is 3.11. The third-order valence-corrected chi connectivity index (χ3v) is 9.57. The van der Waals surface area contributed by atoms with Gasteiger partial charge in [-0.15, -0.1) is 0 Å². The van der Waals surface area contributed by atoms with Crippen molar-refractivity contribution in [3.05, 3.63) is 65.2 Å².